The van der Waals surface area contributed by atoms with Crippen LogP contribution in [0.25, 0.3) is 11.0 Å². The molecule has 0 bridgehead atoms. The van der Waals surface area contributed by atoms with E-state index in [-0.39, 0.29) is 17.4 Å². The molecule has 0 aliphatic carbocycles. The van der Waals surface area contributed by atoms with E-state index in [0.29, 0.717) is 23.6 Å². The van der Waals surface area contributed by atoms with E-state index >= 15 is 0 Å². The number of halogens is 1. The Labute approximate surface area is 138 Å². The number of nitrogens with one attached hydrogen (secondary N) is 2. The highest BCUT2D eigenvalue weighted by molar-refractivity contribution is 5.99. The summed E-state index contributed by atoms with van der Waals surface area (Å²) in [6.07, 6.45) is 3.46. The lowest BCUT2D eigenvalue weighted by Gasteiger charge is -2.09. The van der Waals surface area contributed by atoms with Crippen LogP contribution in [0.1, 0.15) is 30.3 Å². The van der Waals surface area contributed by atoms with Crippen molar-refractivity contribution in [1.29, 1.82) is 0 Å². The molecule has 2 N–H and O–H groups in total. The standard InChI is InChI=1S/C18H18FN3O2/c1-2-3-9-20-18(23)15-11-16-14(8-10-24-16)17(22-15)21-13-6-4-12(19)5-7-13/h4-8,10-11H,2-3,9H2,1H3,(H,20,23)(H,21,22). The highest BCUT2D eigenvalue weighted by Crippen LogP contribution is 2.26. The zero-order chi connectivity index (χ0) is 16.9. The number of benzene rings is 1. The summed E-state index contributed by atoms with van der Waals surface area (Å²) in [6.45, 7) is 2.66. The second-order valence-corrected chi connectivity index (χ2v) is 5.43. The fourth-order valence-corrected chi connectivity index (χ4v) is 2.32. The molecule has 3 rings (SSSR count). The van der Waals surface area contributed by atoms with Gasteiger partial charge >= 0.3 is 0 Å². The first kappa shape index (κ1) is 16.0. The van der Waals surface area contributed by atoms with Gasteiger partial charge < -0.3 is 15.1 Å². The van der Waals surface area contributed by atoms with Crippen LogP contribution in [0.4, 0.5) is 15.9 Å². The molecule has 2 heterocycles. The minimum absolute atomic E-state index is 0.246. The fraction of sp³-hybridized carbons (Fsp3) is 0.222. The third kappa shape index (κ3) is 3.53. The maximum absolute atomic E-state index is 13.0. The first-order valence-corrected chi connectivity index (χ1v) is 7.86. The van der Waals surface area contributed by atoms with Gasteiger partial charge in [-0.15, -0.1) is 0 Å². The van der Waals surface area contributed by atoms with E-state index in [0.717, 1.165) is 18.2 Å². The second kappa shape index (κ2) is 7.12. The number of unbranched alkanes of at least 4 members (excludes halogenated alkanes) is 1. The van der Waals surface area contributed by atoms with Gasteiger partial charge in [-0.05, 0) is 36.8 Å². The molecule has 0 saturated heterocycles. The Morgan fingerprint density at radius 3 is 2.79 bits per heavy atom. The predicted octanol–water partition coefficient (Wildman–Crippen LogP) is 4.24. The number of nitrogens with zero attached hydrogens (tertiary/aromatic N) is 1. The van der Waals surface area contributed by atoms with Crippen LogP contribution in [-0.2, 0) is 0 Å². The third-order valence-electron chi connectivity index (χ3n) is 3.61. The smallest absolute Gasteiger partial charge is 0.270 e. The zero-order valence-corrected chi connectivity index (χ0v) is 13.3. The van der Waals surface area contributed by atoms with Gasteiger partial charge in [0.2, 0.25) is 0 Å². The molecule has 0 aliphatic heterocycles. The molecule has 124 valence electrons. The second-order valence-electron chi connectivity index (χ2n) is 5.43. The van der Waals surface area contributed by atoms with Gasteiger partial charge in [0.25, 0.3) is 5.91 Å². The van der Waals surface area contributed by atoms with Crippen molar-refractivity contribution < 1.29 is 13.6 Å². The Morgan fingerprint density at radius 1 is 1.25 bits per heavy atom. The average Bonchev–Trinajstić information content (AvgIpc) is 3.06. The van der Waals surface area contributed by atoms with E-state index in [1.807, 2.05) is 0 Å². The molecule has 0 radical (unpaired) electrons. The Hall–Kier alpha value is -2.89. The molecule has 0 saturated carbocycles. The van der Waals surface area contributed by atoms with Crippen LogP contribution in [0.15, 0.2) is 47.1 Å². The lowest BCUT2D eigenvalue weighted by atomic mass is 10.2. The number of carbonyl (C=O) groups is 1. The molecule has 3 aromatic rings. The summed E-state index contributed by atoms with van der Waals surface area (Å²) in [7, 11) is 0. The fourth-order valence-electron chi connectivity index (χ4n) is 2.32. The van der Waals surface area contributed by atoms with Gasteiger partial charge in [0.15, 0.2) is 0 Å². The van der Waals surface area contributed by atoms with Crippen LogP contribution in [0, 0.1) is 5.82 Å². The van der Waals surface area contributed by atoms with Gasteiger partial charge in [-0.3, -0.25) is 4.79 Å². The Morgan fingerprint density at radius 2 is 2.04 bits per heavy atom. The minimum atomic E-state index is -0.314. The monoisotopic (exact) mass is 327 g/mol. The van der Waals surface area contributed by atoms with Crippen LogP contribution in [0.3, 0.4) is 0 Å². The number of rotatable bonds is 6. The van der Waals surface area contributed by atoms with Gasteiger partial charge in [-0.25, -0.2) is 9.37 Å². The Bertz CT molecular complexity index is 843. The van der Waals surface area contributed by atoms with Crippen molar-refractivity contribution in [3.8, 4) is 0 Å². The van der Waals surface area contributed by atoms with Crippen LogP contribution >= 0.6 is 0 Å². The van der Waals surface area contributed by atoms with Crippen LogP contribution < -0.4 is 10.6 Å². The molecule has 0 atom stereocenters. The zero-order valence-electron chi connectivity index (χ0n) is 13.3. The van der Waals surface area contributed by atoms with Crippen molar-refractivity contribution in [2.75, 3.05) is 11.9 Å². The molecule has 0 unspecified atom stereocenters. The molecule has 1 amide bonds. The quantitative estimate of drug-likeness (QED) is 0.665. The van der Waals surface area contributed by atoms with Crippen molar-refractivity contribution in [3.63, 3.8) is 0 Å². The lowest BCUT2D eigenvalue weighted by molar-refractivity contribution is 0.0948. The summed E-state index contributed by atoms with van der Waals surface area (Å²) in [4.78, 5) is 16.6. The molecule has 6 heteroatoms. The number of amides is 1. The number of hydrogen-bond donors (Lipinski definition) is 2. The Kier molecular flexibility index (Phi) is 4.74. The van der Waals surface area contributed by atoms with Crippen molar-refractivity contribution in [1.82, 2.24) is 10.3 Å². The maximum atomic E-state index is 13.0. The van der Waals surface area contributed by atoms with Crippen molar-refractivity contribution in [3.05, 3.63) is 54.2 Å². The normalized spacial score (nSPS) is 10.8. The molecular weight excluding hydrogens is 309 g/mol. The number of fused-ring (bicyclic) bond motifs is 1. The number of furan rings is 1. The van der Waals surface area contributed by atoms with Crippen LogP contribution in [0.5, 0.6) is 0 Å². The highest BCUT2D eigenvalue weighted by atomic mass is 19.1. The topological polar surface area (TPSA) is 67.2 Å². The summed E-state index contributed by atoms with van der Waals surface area (Å²) in [5.41, 5.74) is 1.52. The van der Waals surface area contributed by atoms with Crippen LogP contribution in [-0.4, -0.2) is 17.4 Å². The van der Waals surface area contributed by atoms with Gasteiger partial charge in [-0.2, -0.15) is 0 Å². The van der Waals surface area contributed by atoms with E-state index < -0.39 is 0 Å². The van der Waals surface area contributed by atoms with E-state index in [1.54, 1.807) is 30.5 Å². The van der Waals surface area contributed by atoms with Crippen molar-refractivity contribution in [2.45, 2.75) is 19.8 Å². The molecule has 1 aromatic carbocycles. The summed E-state index contributed by atoms with van der Waals surface area (Å²) < 4.78 is 18.4. The minimum Gasteiger partial charge on any atom is -0.464 e. The van der Waals surface area contributed by atoms with E-state index in [4.69, 9.17) is 4.42 Å². The van der Waals surface area contributed by atoms with Crippen molar-refractivity contribution >= 4 is 28.4 Å². The summed E-state index contributed by atoms with van der Waals surface area (Å²) in [6, 6.07) is 9.32. The van der Waals surface area contributed by atoms with Gasteiger partial charge in [0.1, 0.15) is 22.9 Å². The van der Waals surface area contributed by atoms with Gasteiger partial charge in [0.05, 0.1) is 11.6 Å². The molecule has 0 aliphatic rings. The van der Waals surface area contributed by atoms with E-state index in [1.165, 1.54) is 12.1 Å². The van der Waals surface area contributed by atoms with Crippen LogP contribution in [0.2, 0.25) is 0 Å². The molecule has 0 fully saturated rings. The first-order chi connectivity index (χ1) is 11.7. The highest BCUT2D eigenvalue weighted by Gasteiger charge is 2.14. The predicted molar refractivity (Wildman–Crippen MR) is 90.9 cm³/mol. The number of anilines is 2. The van der Waals surface area contributed by atoms with Gasteiger partial charge in [0, 0.05) is 18.3 Å². The van der Waals surface area contributed by atoms with Gasteiger partial charge in [-0.1, -0.05) is 13.3 Å². The van der Waals surface area contributed by atoms with Crippen molar-refractivity contribution in [2.24, 2.45) is 0 Å². The number of aromatic nitrogens is 1. The summed E-state index contributed by atoms with van der Waals surface area (Å²) >= 11 is 0. The molecule has 0 spiro atoms. The van der Waals surface area contributed by atoms with E-state index in [9.17, 15) is 9.18 Å². The number of pyridine rings is 1. The largest absolute Gasteiger partial charge is 0.464 e. The summed E-state index contributed by atoms with van der Waals surface area (Å²) in [5, 5.41) is 6.69. The Balaban J connectivity index is 1.89. The summed E-state index contributed by atoms with van der Waals surface area (Å²) in [5.74, 6) is -0.0663. The average molecular weight is 327 g/mol. The SMILES string of the molecule is CCCCNC(=O)c1cc2occc2c(Nc2ccc(F)cc2)n1. The number of carbonyl (C=O) groups excluding carboxylic acids is 1. The molecule has 2 aromatic heterocycles. The molecule has 24 heavy (non-hydrogen) atoms. The van der Waals surface area contributed by atoms with E-state index in [2.05, 4.69) is 22.5 Å². The number of hydrogen-bond acceptors (Lipinski definition) is 4. The first-order valence-electron chi connectivity index (χ1n) is 7.86. The lowest BCUT2D eigenvalue weighted by Crippen LogP contribution is -2.25. The molecular formula is C18H18FN3O2. The molecule has 5 nitrogen and oxygen atoms in total. The maximum Gasteiger partial charge on any atom is 0.270 e. The third-order valence-corrected chi connectivity index (χ3v) is 3.61.